The lowest BCUT2D eigenvalue weighted by atomic mass is 10.3. The van der Waals surface area contributed by atoms with Crippen molar-refractivity contribution < 1.29 is 4.74 Å². The van der Waals surface area contributed by atoms with E-state index in [2.05, 4.69) is 25.4 Å². The van der Waals surface area contributed by atoms with Gasteiger partial charge in [-0.25, -0.2) is 0 Å². The molecule has 28 heavy (non-hydrogen) atoms. The highest BCUT2D eigenvalue weighted by Crippen LogP contribution is 2.31. The Morgan fingerprint density at radius 1 is 0.964 bits per heavy atom. The number of benzene rings is 1. The fourth-order valence-corrected chi connectivity index (χ4v) is 3.26. The molecular weight excluding hydrogens is 374 g/mol. The van der Waals surface area contributed by atoms with Gasteiger partial charge in [-0.05, 0) is 60.3 Å². The first-order chi connectivity index (χ1) is 13.8. The first-order valence-corrected chi connectivity index (χ1v) is 9.03. The van der Waals surface area contributed by atoms with Crippen molar-refractivity contribution >= 4 is 11.8 Å². The van der Waals surface area contributed by atoms with Crippen LogP contribution in [-0.2, 0) is 0 Å². The average molecular weight is 387 g/mol. The van der Waals surface area contributed by atoms with E-state index >= 15 is 0 Å². The lowest BCUT2D eigenvalue weighted by molar-refractivity contribution is 0.414. The van der Waals surface area contributed by atoms with Crippen LogP contribution < -0.4 is 4.74 Å². The molecule has 0 saturated heterocycles. The van der Waals surface area contributed by atoms with Gasteiger partial charge in [0.2, 0.25) is 5.16 Å². The SMILES string of the molecule is COc1ccc(-n2c(Sc3ccc(C#N)nn3)nnc2-c2ccccn2)cc1. The van der Waals surface area contributed by atoms with E-state index in [-0.39, 0.29) is 5.69 Å². The van der Waals surface area contributed by atoms with Crippen LogP contribution >= 0.6 is 11.8 Å². The van der Waals surface area contributed by atoms with Crippen molar-refractivity contribution in [1.82, 2.24) is 29.9 Å². The highest BCUT2D eigenvalue weighted by atomic mass is 32.2. The summed E-state index contributed by atoms with van der Waals surface area (Å²) in [5, 5.41) is 26.7. The second-order valence-corrected chi connectivity index (χ2v) is 6.51. The Kier molecular flexibility index (Phi) is 4.95. The Hall–Kier alpha value is -3.77. The summed E-state index contributed by atoms with van der Waals surface area (Å²) in [7, 11) is 1.62. The molecule has 0 saturated carbocycles. The summed E-state index contributed by atoms with van der Waals surface area (Å²) >= 11 is 1.30. The van der Waals surface area contributed by atoms with Crippen molar-refractivity contribution in [2.45, 2.75) is 10.2 Å². The highest BCUT2D eigenvalue weighted by molar-refractivity contribution is 7.99. The predicted molar refractivity (Wildman–Crippen MR) is 102 cm³/mol. The summed E-state index contributed by atoms with van der Waals surface area (Å²) in [6.07, 6.45) is 1.71. The molecule has 0 bridgehead atoms. The number of ether oxygens (including phenoxy) is 1. The zero-order chi connectivity index (χ0) is 19.3. The second kappa shape index (κ2) is 7.85. The molecule has 0 aliphatic rings. The molecule has 0 amide bonds. The van der Waals surface area contributed by atoms with Crippen LogP contribution in [0.4, 0.5) is 0 Å². The molecule has 0 aliphatic heterocycles. The second-order valence-electron chi connectivity index (χ2n) is 5.53. The van der Waals surface area contributed by atoms with E-state index < -0.39 is 0 Å². The normalized spacial score (nSPS) is 10.4. The van der Waals surface area contributed by atoms with Crippen LogP contribution in [0.5, 0.6) is 5.75 Å². The van der Waals surface area contributed by atoms with Gasteiger partial charge in [0, 0.05) is 6.20 Å². The molecule has 0 spiro atoms. The molecule has 0 radical (unpaired) electrons. The number of hydrogen-bond acceptors (Lipinski definition) is 8. The van der Waals surface area contributed by atoms with Crippen molar-refractivity contribution in [2.75, 3.05) is 7.11 Å². The molecule has 8 nitrogen and oxygen atoms in total. The van der Waals surface area contributed by atoms with Crippen LogP contribution in [0.15, 0.2) is 71.0 Å². The minimum absolute atomic E-state index is 0.259. The van der Waals surface area contributed by atoms with E-state index in [1.54, 1.807) is 25.4 Å². The molecule has 9 heteroatoms. The third-order valence-corrected chi connectivity index (χ3v) is 4.68. The van der Waals surface area contributed by atoms with Crippen LogP contribution in [-0.4, -0.2) is 37.1 Å². The first-order valence-electron chi connectivity index (χ1n) is 8.21. The van der Waals surface area contributed by atoms with E-state index in [1.165, 1.54) is 11.8 Å². The van der Waals surface area contributed by atoms with E-state index in [9.17, 15) is 0 Å². The smallest absolute Gasteiger partial charge is 0.202 e. The molecule has 0 aliphatic carbocycles. The average Bonchev–Trinajstić information content (AvgIpc) is 3.18. The number of nitrogens with zero attached hydrogens (tertiary/aromatic N) is 7. The van der Waals surface area contributed by atoms with Gasteiger partial charge in [0.25, 0.3) is 0 Å². The molecule has 0 fully saturated rings. The van der Waals surface area contributed by atoms with Crippen LogP contribution in [0.2, 0.25) is 0 Å². The molecule has 0 unspecified atom stereocenters. The van der Waals surface area contributed by atoms with Crippen molar-refractivity contribution in [3.05, 3.63) is 66.5 Å². The zero-order valence-electron chi connectivity index (χ0n) is 14.7. The Balaban J connectivity index is 1.79. The summed E-state index contributed by atoms with van der Waals surface area (Å²) in [5.74, 6) is 1.36. The Labute approximate surface area is 164 Å². The summed E-state index contributed by atoms with van der Waals surface area (Å²) < 4.78 is 7.14. The number of hydrogen-bond donors (Lipinski definition) is 0. The van der Waals surface area contributed by atoms with E-state index in [0.29, 0.717) is 21.7 Å². The van der Waals surface area contributed by atoms with Gasteiger partial charge in [0.1, 0.15) is 22.5 Å². The minimum Gasteiger partial charge on any atom is -0.497 e. The van der Waals surface area contributed by atoms with Gasteiger partial charge in [-0.3, -0.25) is 9.55 Å². The molecule has 0 atom stereocenters. The molecule has 136 valence electrons. The maximum Gasteiger partial charge on any atom is 0.202 e. The highest BCUT2D eigenvalue weighted by Gasteiger charge is 2.18. The van der Waals surface area contributed by atoms with E-state index in [0.717, 1.165) is 11.4 Å². The van der Waals surface area contributed by atoms with Gasteiger partial charge in [-0.1, -0.05) is 6.07 Å². The third kappa shape index (κ3) is 3.54. The molecule has 0 N–H and O–H groups in total. The largest absolute Gasteiger partial charge is 0.497 e. The van der Waals surface area contributed by atoms with Crippen molar-refractivity contribution in [3.63, 3.8) is 0 Å². The monoisotopic (exact) mass is 387 g/mol. The fourth-order valence-electron chi connectivity index (χ4n) is 2.49. The lowest BCUT2D eigenvalue weighted by Gasteiger charge is -2.10. The van der Waals surface area contributed by atoms with Crippen LogP contribution in [0, 0.1) is 11.3 Å². The van der Waals surface area contributed by atoms with Gasteiger partial charge in [-0.15, -0.1) is 20.4 Å². The molecule has 4 rings (SSSR count). The number of pyridine rings is 1. The third-order valence-electron chi connectivity index (χ3n) is 3.81. The number of aromatic nitrogens is 6. The van der Waals surface area contributed by atoms with Crippen molar-refractivity contribution in [1.29, 1.82) is 5.26 Å². The Bertz CT molecular complexity index is 1120. The summed E-state index contributed by atoms with van der Waals surface area (Å²) in [5.41, 5.74) is 1.81. The Morgan fingerprint density at radius 3 is 2.46 bits per heavy atom. The summed E-state index contributed by atoms with van der Waals surface area (Å²) in [6, 6.07) is 18.5. The van der Waals surface area contributed by atoms with Gasteiger partial charge in [-0.2, -0.15) is 5.26 Å². The van der Waals surface area contributed by atoms with Crippen molar-refractivity contribution in [2.24, 2.45) is 0 Å². The number of rotatable bonds is 5. The van der Waals surface area contributed by atoms with E-state index in [4.69, 9.17) is 10.00 Å². The van der Waals surface area contributed by atoms with Gasteiger partial charge in [0.05, 0.1) is 12.8 Å². The van der Waals surface area contributed by atoms with Gasteiger partial charge >= 0.3 is 0 Å². The maximum atomic E-state index is 8.88. The van der Waals surface area contributed by atoms with Crippen molar-refractivity contribution in [3.8, 4) is 29.0 Å². The van der Waals surface area contributed by atoms with Crippen LogP contribution in [0.25, 0.3) is 17.2 Å². The topological polar surface area (TPSA) is 102 Å². The molecular formula is C19H13N7OS. The summed E-state index contributed by atoms with van der Waals surface area (Å²) in [6.45, 7) is 0. The minimum atomic E-state index is 0.259. The molecule has 3 heterocycles. The van der Waals surface area contributed by atoms with Gasteiger partial charge in [0.15, 0.2) is 11.5 Å². The number of nitriles is 1. The predicted octanol–water partition coefficient (Wildman–Crippen LogP) is 3.15. The van der Waals surface area contributed by atoms with Crippen LogP contribution in [0.1, 0.15) is 5.69 Å². The fraction of sp³-hybridized carbons (Fsp3) is 0.0526. The lowest BCUT2D eigenvalue weighted by Crippen LogP contribution is -2.01. The standard InChI is InChI=1S/C19H13N7OS/c1-27-15-8-6-14(7-9-15)26-18(16-4-2-3-11-21-16)24-25-19(26)28-17-10-5-13(12-20)22-23-17/h2-11H,1H3. The Morgan fingerprint density at radius 2 is 1.82 bits per heavy atom. The van der Waals surface area contributed by atoms with E-state index in [1.807, 2.05) is 53.1 Å². The molecule has 4 aromatic rings. The quantitative estimate of drug-likeness (QED) is 0.514. The van der Waals surface area contributed by atoms with Crippen LogP contribution in [0.3, 0.4) is 0 Å². The molecule has 3 aromatic heterocycles. The van der Waals surface area contributed by atoms with Gasteiger partial charge < -0.3 is 4.74 Å². The zero-order valence-corrected chi connectivity index (χ0v) is 15.5. The number of methoxy groups -OCH3 is 1. The summed E-state index contributed by atoms with van der Waals surface area (Å²) in [4.78, 5) is 4.39. The maximum absolute atomic E-state index is 8.88. The molecule has 1 aromatic carbocycles. The first kappa shape index (κ1) is 17.6.